The number of carbonyl (C=O) groups is 3. The molecule has 5 rings (SSSR count). The Morgan fingerprint density at radius 1 is 1.00 bits per heavy atom. The van der Waals surface area contributed by atoms with Crippen molar-refractivity contribution >= 4 is 18.0 Å². The molecule has 0 unspecified atom stereocenters. The van der Waals surface area contributed by atoms with E-state index in [1.54, 1.807) is 4.90 Å². The van der Waals surface area contributed by atoms with E-state index in [4.69, 9.17) is 9.84 Å². The molecule has 3 aliphatic carbocycles. The van der Waals surface area contributed by atoms with E-state index < -0.39 is 12.1 Å². The number of carboxylic acid groups (broad SMARTS) is 1. The van der Waals surface area contributed by atoms with Gasteiger partial charge in [0.1, 0.15) is 6.61 Å². The van der Waals surface area contributed by atoms with Crippen molar-refractivity contribution in [1.82, 2.24) is 10.2 Å². The summed E-state index contributed by atoms with van der Waals surface area (Å²) in [5, 5.41) is 11.9. The molecule has 2 fully saturated rings. The van der Waals surface area contributed by atoms with Gasteiger partial charge in [0.05, 0.1) is 6.42 Å². The zero-order valence-electron chi connectivity index (χ0n) is 19.9. The van der Waals surface area contributed by atoms with Crippen LogP contribution in [0.3, 0.4) is 0 Å². The lowest BCUT2D eigenvalue weighted by atomic mass is 9.66. The Bertz CT molecular complexity index is 1080. The van der Waals surface area contributed by atoms with Crippen molar-refractivity contribution in [1.29, 1.82) is 0 Å². The quantitative estimate of drug-likeness (QED) is 0.524. The molecule has 2 N–H and O–H groups in total. The largest absolute Gasteiger partial charge is 0.481 e. The fraction of sp³-hybridized carbons (Fsp3) is 0.464. The smallest absolute Gasteiger partial charge is 0.407 e. The molecule has 7 nitrogen and oxygen atoms in total. The molecule has 7 heteroatoms. The van der Waals surface area contributed by atoms with Crippen molar-refractivity contribution < 1.29 is 24.2 Å². The number of alkyl carbamates (subject to hydrolysis) is 1. The van der Waals surface area contributed by atoms with Gasteiger partial charge < -0.3 is 20.1 Å². The minimum Gasteiger partial charge on any atom is -0.481 e. The molecule has 35 heavy (non-hydrogen) atoms. The summed E-state index contributed by atoms with van der Waals surface area (Å²) in [4.78, 5) is 38.4. The zero-order chi connectivity index (χ0) is 24.4. The minimum absolute atomic E-state index is 0.00258. The van der Waals surface area contributed by atoms with Crippen LogP contribution in [0.15, 0.2) is 48.5 Å². The molecule has 0 bridgehead atoms. The third-order valence-corrected chi connectivity index (χ3v) is 7.77. The van der Waals surface area contributed by atoms with E-state index in [1.165, 1.54) is 22.3 Å². The van der Waals surface area contributed by atoms with Crippen LogP contribution >= 0.6 is 0 Å². The van der Waals surface area contributed by atoms with Gasteiger partial charge in [0, 0.05) is 31.5 Å². The fourth-order valence-corrected chi connectivity index (χ4v) is 5.54. The summed E-state index contributed by atoms with van der Waals surface area (Å²) in [5.74, 6) is -0.879. The molecule has 2 aromatic carbocycles. The first-order valence-corrected chi connectivity index (χ1v) is 12.6. The molecular weight excluding hydrogens is 444 g/mol. The first kappa shape index (κ1) is 23.4. The van der Waals surface area contributed by atoms with Crippen molar-refractivity contribution in [3.63, 3.8) is 0 Å². The van der Waals surface area contributed by atoms with Crippen LogP contribution in [0.4, 0.5) is 4.79 Å². The van der Waals surface area contributed by atoms with Crippen molar-refractivity contribution in [2.45, 2.75) is 56.9 Å². The van der Waals surface area contributed by atoms with Crippen LogP contribution in [0, 0.1) is 5.41 Å². The van der Waals surface area contributed by atoms with Crippen LogP contribution in [0.5, 0.6) is 0 Å². The topological polar surface area (TPSA) is 95.9 Å². The van der Waals surface area contributed by atoms with Gasteiger partial charge in [-0.15, -0.1) is 0 Å². The van der Waals surface area contributed by atoms with Crippen LogP contribution in [0.25, 0.3) is 11.1 Å². The van der Waals surface area contributed by atoms with E-state index in [9.17, 15) is 14.4 Å². The van der Waals surface area contributed by atoms with E-state index in [-0.39, 0.29) is 42.9 Å². The SMILES string of the molecule is O=C(O)CCN(C(=O)CC1(CNC(=O)OCC2c3ccccc3-c3ccccc32)CCC1)C1CC1. The second kappa shape index (κ2) is 9.72. The molecule has 0 aliphatic heterocycles. The van der Waals surface area contributed by atoms with E-state index >= 15 is 0 Å². The Hall–Kier alpha value is -3.35. The Kier molecular flexibility index (Phi) is 6.50. The fourth-order valence-electron chi connectivity index (χ4n) is 5.54. The van der Waals surface area contributed by atoms with Gasteiger partial charge in [0.15, 0.2) is 0 Å². The number of benzene rings is 2. The average molecular weight is 477 g/mol. The number of amides is 2. The summed E-state index contributed by atoms with van der Waals surface area (Å²) < 4.78 is 5.66. The number of carbonyl (C=O) groups excluding carboxylic acids is 2. The number of ether oxygens (including phenoxy) is 1. The van der Waals surface area contributed by atoms with Gasteiger partial charge in [-0.2, -0.15) is 0 Å². The van der Waals surface area contributed by atoms with Crippen molar-refractivity contribution in [2.24, 2.45) is 5.41 Å². The lowest BCUT2D eigenvalue weighted by Gasteiger charge is -2.42. The second-order valence-electron chi connectivity index (χ2n) is 10.2. The van der Waals surface area contributed by atoms with Crippen LogP contribution in [0.1, 0.15) is 62.0 Å². The number of aliphatic carboxylic acids is 1. The highest BCUT2D eigenvalue weighted by atomic mass is 16.5. The van der Waals surface area contributed by atoms with Crippen LogP contribution in [-0.4, -0.2) is 53.7 Å². The summed E-state index contributed by atoms with van der Waals surface area (Å²) in [6.45, 7) is 0.915. The number of carboxylic acids is 1. The van der Waals surface area contributed by atoms with Gasteiger partial charge >= 0.3 is 12.1 Å². The lowest BCUT2D eigenvalue weighted by molar-refractivity contribution is -0.140. The molecule has 0 spiro atoms. The lowest BCUT2D eigenvalue weighted by Crippen LogP contribution is -2.47. The number of nitrogens with one attached hydrogen (secondary N) is 1. The zero-order valence-corrected chi connectivity index (χ0v) is 19.9. The van der Waals surface area contributed by atoms with Gasteiger partial charge in [-0.25, -0.2) is 4.79 Å². The summed E-state index contributed by atoms with van der Waals surface area (Å²) in [6.07, 6.45) is 4.50. The highest BCUT2D eigenvalue weighted by Gasteiger charge is 2.42. The predicted octanol–water partition coefficient (Wildman–Crippen LogP) is 4.55. The average Bonchev–Trinajstić information content (AvgIpc) is 3.61. The molecule has 184 valence electrons. The molecule has 2 saturated carbocycles. The summed E-state index contributed by atoms with van der Waals surface area (Å²) in [6, 6.07) is 16.6. The Labute approximate surface area is 205 Å². The predicted molar refractivity (Wildman–Crippen MR) is 131 cm³/mol. The normalized spacial score (nSPS) is 17.6. The summed E-state index contributed by atoms with van der Waals surface area (Å²) >= 11 is 0. The van der Waals surface area contributed by atoms with Gasteiger partial charge in [-0.3, -0.25) is 9.59 Å². The summed E-state index contributed by atoms with van der Waals surface area (Å²) in [7, 11) is 0. The Morgan fingerprint density at radius 3 is 2.17 bits per heavy atom. The molecule has 0 radical (unpaired) electrons. The van der Waals surface area contributed by atoms with Crippen molar-refractivity contribution in [3.8, 4) is 11.1 Å². The molecule has 0 heterocycles. The maximum Gasteiger partial charge on any atom is 0.407 e. The van der Waals surface area contributed by atoms with Crippen LogP contribution < -0.4 is 5.32 Å². The highest BCUT2D eigenvalue weighted by molar-refractivity contribution is 5.80. The first-order valence-electron chi connectivity index (χ1n) is 12.6. The number of fused-ring (bicyclic) bond motifs is 3. The summed E-state index contributed by atoms with van der Waals surface area (Å²) in [5.41, 5.74) is 4.45. The van der Waals surface area contributed by atoms with Gasteiger partial charge in [-0.05, 0) is 53.4 Å². The maximum absolute atomic E-state index is 13.0. The van der Waals surface area contributed by atoms with E-state index in [0.717, 1.165) is 32.1 Å². The number of hydrogen-bond donors (Lipinski definition) is 2. The first-order chi connectivity index (χ1) is 17.0. The highest BCUT2D eigenvalue weighted by Crippen LogP contribution is 2.45. The monoisotopic (exact) mass is 476 g/mol. The van der Waals surface area contributed by atoms with Gasteiger partial charge in [0.2, 0.25) is 5.91 Å². The third-order valence-electron chi connectivity index (χ3n) is 7.77. The maximum atomic E-state index is 13.0. The Balaban J connectivity index is 1.16. The van der Waals surface area contributed by atoms with E-state index in [1.807, 2.05) is 24.3 Å². The van der Waals surface area contributed by atoms with Crippen molar-refractivity contribution in [3.05, 3.63) is 59.7 Å². The van der Waals surface area contributed by atoms with Gasteiger partial charge in [0.25, 0.3) is 0 Å². The number of nitrogens with zero attached hydrogens (tertiary/aromatic N) is 1. The molecular formula is C28H32N2O5. The van der Waals surface area contributed by atoms with Gasteiger partial charge in [-0.1, -0.05) is 55.0 Å². The number of hydrogen-bond acceptors (Lipinski definition) is 4. The standard InChI is InChI=1S/C28H32N2O5/c31-25(30(19-10-11-19)15-12-26(32)33)16-28(13-5-14-28)18-29-27(34)35-17-24-22-8-3-1-6-20(22)21-7-2-4-9-23(21)24/h1-4,6-9,19,24H,5,10-18H2,(H,29,34)(H,32,33). The molecule has 0 saturated heterocycles. The second-order valence-corrected chi connectivity index (χ2v) is 10.2. The van der Waals surface area contributed by atoms with Crippen LogP contribution in [0.2, 0.25) is 0 Å². The third kappa shape index (κ3) is 5.04. The molecule has 0 aromatic heterocycles. The number of rotatable bonds is 10. The molecule has 3 aliphatic rings. The van der Waals surface area contributed by atoms with E-state index in [2.05, 4.69) is 29.6 Å². The molecule has 0 atom stereocenters. The molecule has 2 amide bonds. The minimum atomic E-state index is -0.890. The van der Waals surface area contributed by atoms with E-state index in [0.29, 0.717) is 13.0 Å². The van der Waals surface area contributed by atoms with Crippen LogP contribution in [-0.2, 0) is 14.3 Å². The van der Waals surface area contributed by atoms with Crippen molar-refractivity contribution in [2.75, 3.05) is 19.7 Å². The molecule has 2 aromatic rings. The Morgan fingerprint density at radius 2 is 1.63 bits per heavy atom.